The first-order valence-corrected chi connectivity index (χ1v) is 9.38. The normalized spacial score (nSPS) is 11.9. The number of carbonyl (C=O) groups is 1. The predicted molar refractivity (Wildman–Crippen MR) is 110 cm³/mol. The molecule has 0 unspecified atom stereocenters. The van der Waals surface area contributed by atoms with Crippen LogP contribution in [0, 0.1) is 6.92 Å². The van der Waals surface area contributed by atoms with E-state index in [0.29, 0.717) is 22.8 Å². The molecule has 1 heterocycles. The monoisotopic (exact) mass is 379 g/mol. The van der Waals surface area contributed by atoms with Gasteiger partial charge in [0.25, 0.3) is 5.91 Å². The second-order valence-corrected chi connectivity index (χ2v) is 6.77. The summed E-state index contributed by atoms with van der Waals surface area (Å²) in [4.78, 5) is 12.6. The van der Waals surface area contributed by atoms with E-state index in [-0.39, 0.29) is 18.6 Å². The minimum atomic E-state index is -0.189. The molecule has 2 aromatic carbocycles. The van der Waals surface area contributed by atoms with E-state index in [1.807, 2.05) is 44.2 Å². The van der Waals surface area contributed by atoms with E-state index in [1.54, 1.807) is 24.3 Å². The summed E-state index contributed by atoms with van der Waals surface area (Å²) in [5.74, 6) is 1.71. The van der Waals surface area contributed by atoms with E-state index < -0.39 is 0 Å². The molecule has 146 valence electrons. The van der Waals surface area contributed by atoms with E-state index in [4.69, 9.17) is 14.3 Å². The topological polar surface area (TPSA) is 71.7 Å². The number of anilines is 1. The van der Waals surface area contributed by atoms with Gasteiger partial charge in [0.2, 0.25) is 0 Å². The molecule has 0 bridgehead atoms. The molecule has 0 radical (unpaired) electrons. The number of ether oxygens (including phenoxy) is 1. The zero-order chi connectivity index (χ0) is 20.1. The van der Waals surface area contributed by atoms with Crippen LogP contribution in [0.1, 0.15) is 41.9 Å². The Kier molecular flexibility index (Phi) is 6.16. The van der Waals surface area contributed by atoms with Crippen LogP contribution in [0.15, 0.2) is 59.0 Å². The summed E-state index contributed by atoms with van der Waals surface area (Å²) >= 11 is 0. The lowest BCUT2D eigenvalue weighted by molar-refractivity contribution is 0.102. The molecule has 2 N–H and O–H groups in total. The van der Waals surface area contributed by atoms with Gasteiger partial charge in [-0.05, 0) is 68.3 Å². The number of aliphatic hydroxyl groups is 1. The molecule has 0 spiro atoms. The Morgan fingerprint density at radius 3 is 2.54 bits per heavy atom. The third kappa shape index (κ3) is 4.61. The van der Waals surface area contributed by atoms with Crippen molar-refractivity contribution < 1.29 is 19.1 Å². The highest BCUT2D eigenvalue weighted by molar-refractivity contribution is 6.05. The summed E-state index contributed by atoms with van der Waals surface area (Å²) in [6.07, 6.45) is 1.06. The first kappa shape index (κ1) is 19.7. The number of furan rings is 1. The lowest BCUT2D eigenvalue weighted by Gasteiger charge is -2.13. The molecular formula is C23H25NO4. The summed E-state index contributed by atoms with van der Waals surface area (Å²) in [6.45, 7) is 5.87. The zero-order valence-electron chi connectivity index (χ0n) is 16.4. The van der Waals surface area contributed by atoms with Gasteiger partial charge in [0.1, 0.15) is 23.9 Å². The minimum absolute atomic E-state index is 0.137. The maximum Gasteiger partial charge on any atom is 0.255 e. The Labute approximate surface area is 165 Å². The van der Waals surface area contributed by atoms with Gasteiger partial charge in [-0.1, -0.05) is 19.1 Å². The standard InChI is InChI=1S/C23H25NO4/c1-4-16(3)27-19-9-7-17(8-10-19)23(26)24-21-13-18(6-5-15(21)2)22-12-11-20(14-25)28-22/h5-13,16,25H,4,14H2,1-3H3,(H,24,26)/t16-/m1/s1. The Balaban J connectivity index is 1.75. The van der Waals surface area contributed by atoms with Gasteiger partial charge in [0, 0.05) is 16.8 Å². The molecule has 5 heteroatoms. The van der Waals surface area contributed by atoms with Crippen molar-refractivity contribution in [2.45, 2.75) is 39.9 Å². The van der Waals surface area contributed by atoms with E-state index in [2.05, 4.69) is 12.2 Å². The fourth-order valence-corrected chi connectivity index (χ4v) is 2.72. The smallest absolute Gasteiger partial charge is 0.255 e. The number of aliphatic hydroxyl groups excluding tert-OH is 1. The van der Waals surface area contributed by atoms with Crippen molar-refractivity contribution in [1.82, 2.24) is 0 Å². The maximum absolute atomic E-state index is 12.6. The molecule has 1 amide bonds. The van der Waals surface area contributed by atoms with Crippen LogP contribution in [-0.2, 0) is 6.61 Å². The van der Waals surface area contributed by atoms with Crippen molar-refractivity contribution in [3.8, 4) is 17.1 Å². The third-order valence-electron chi connectivity index (χ3n) is 4.62. The molecule has 0 saturated carbocycles. The van der Waals surface area contributed by atoms with Crippen LogP contribution in [0.2, 0.25) is 0 Å². The number of aryl methyl sites for hydroxylation is 1. The van der Waals surface area contributed by atoms with E-state index in [9.17, 15) is 4.79 Å². The van der Waals surface area contributed by atoms with Gasteiger partial charge in [-0.25, -0.2) is 0 Å². The number of hydrogen-bond acceptors (Lipinski definition) is 4. The number of benzene rings is 2. The first-order valence-electron chi connectivity index (χ1n) is 9.38. The summed E-state index contributed by atoms with van der Waals surface area (Å²) < 4.78 is 11.3. The van der Waals surface area contributed by atoms with Crippen LogP contribution in [0.3, 0.4) is 0 Å². The Morgan fingerprint density at radius 2 is 1.89 bits per heavy atom. The highest BCUT2D eigenvalue weighted by Gasteiger charge is 2.11. The third-order valence-corrected chi connectivity index (χ3v) is 4.62. The molecule has 0 saturated heterocycles. The Morgan fingerprint density at radius 1 is 1.14 bits per heavy atom. The van der Waals surface area contributed by atoms with Crippen LogP contribution in [0.4, 0.5) is 5.69 Å². The quantitative estimate of drug-likeness (QED) is 0.593. The van der Waals surface area contributed by atoms with Crippen molar-refractivity contribution in [3.63, 3.8) is 0 Å². The van der Waals surface area contributed by atoms with Gasteiger partial charge < -0.3 is 19.6 Å². The molecule has 5 nitrogen and oxygen atoms in total. The zero-order valence-corrected chi connectivity index (χ0v) is 16.4. The molecule has 28 heavy (non-hydrogen) atoms. The summed E-state index contributed by atoms with van der Waals surface area (Å²) in [6, 6.07) is 16.4. The lowest BCUT2D eigenvalue weighted by atomic mass is 10.1. The van der Waals surface area contributed by atoms with Crippen LogP contribution >= 0.6 is 0 Å². The minimum Gasteiger partial charge on any atom is -0.491 e. The molecule has 3 aromatic rings. The molecule has 1 aromatic heterocycles. The maximum atomic E-state index is 12.6. The van der Waals surface area contributed by atoms with Crippen molar-refractivity contribution in [3.05, 3.63) is 71.5 Å². The molecular weight excluding hydrogens is 354 g/mol. The predicted octanol–water partition coefficient (Wildman–Crippen LogP) is 5.18. The van der Waals surface area contributed by atoms with E-state index in [0.717, 1.165) is 23.3 Å². The molecule has 0 fully saturated rings. The van der Waals surface area contributed by atoms with Gasteiger partial charge in [-0.3, -0.25) is 4.79 Å². The van der Waals surface area contributed by atoms with Gasteiger partial charge >= 0.3 is 0 Å². The van der Waals surface area contributed by atoms with Gasteiger partial charge in [0.05, 0.1) is 6.10 Å². The molecule has 0 aliphatic rings. The van der Waals surface area contributed by atoms with Crippen molar-refractivity contribution in [1.29, 1.82) is 0 Å². The highest BCUT2D eigenvalue weighted by Crippen LogP contribution is 2.27. The summed E-state index contributed by atoms with van der Waals surface area (Å²) in [5.41, 5.74) is 3.05. The number of amides is 1. The number of nitrogens with one attached hydrogen (secondary N) is 1. The summed E-state index contributed by atoms with van der Waals surface area (Å²) in [5, 5.41) is 12.1. The van der Waals surface area contributed by atoms with Crippen LogP contribution in [0.25, 0.3) is 11.3 Å². The van der Waals surface area contributed by atoms with Gasteiger partial charge in [-0.2, -0.15) is 0 Å². The average Bonchev–Trinajstić information content (AvgIpc) is 3.19. The van der Waals surface area contributed by atoms with E-state index in [1.165, 1.54) is 0 Å². The SMILES string of the molecule is CC[C@@H](C)Oc1ccc(C(=O)Nc2cc(-c3ccc(CO)o3)ccc2C)cc1. The van der Waals surface area contributed by atoms with Crippen molar-refractivity contribution >= 4 is 11.6 Å². The number of carbonyl (C=O) groups excluding carboxylic acids is 1. The van der Waals surface area contributed by atoms with Crippen LogP contribution in [-0.4, -0.2) is 17.1 Å². The Hall–Kier alpha value is -3.05. The Bertz CT molecular complexity index is 943. The first-order chi connectivity index (χ1) is 13.5. The molecule has 0 aliphatic carbocycles. The second kappa shape index (κ2) is 8.76. The van der Waals surface area contributed by atoms with E-state index >= 15 is 0 Å². The molecule has 1 atom stereocenters. The fourth-order valence-electron chi connectivity index (χ4n) is 2.72. The van der Waals surface area contributed by atoms with Gasteiger partial charge in [0.15, 0.2) is 0 Å². The van der Waals surface area contributed by atoms with Crippen molar-refractivity contribution in [2.24, 2.45) is 0 Å². The molecule has 3 rings (SSSR count). The van der Waals surface area contributed by atoms with Crippen LogP contribution < -0.4 is 10.1 Å². The fraction of sp³-hybridized carbons (Fsp3) is 0.261. The summed E-state index contributed by atoms with van der Waals surface area (Å²) in [7, 11) is 0. The second-order valence-electron chi connectivity index (χ2n) is 6.77. The van der Waals surface area contributed by atoms with Gasteiger partial charge in [-0.15, -0.1) is 0 Å². The lowest BCUT2D eigenvalue weighted by Crippen LogP contribution is -2.13. The largest absolute Gasteiger partial charge is 0.491 e. The van der Waals surface area contributed by atoms with Crippen molar-refractivity contribution in [2.75, 3.05) is 5.32 Å². The van der Waals surface area contributed by atoms with Crippen LogP contribution in [0.5, 0.6) is 5.75 Å². The number of hydrogen-bond donors (Lipinski definition) is 2. The molecule has 0 aliphatic heterocycles. The number of rotatable bonds is 7. The highest BCUT2D eigenvalue weighted by atomic mass is 16.5. The average molecular weight is 379 g/mol.